The maximum atomic E-state index is 12.9. The Morgan fingerprint density at radius 1 is 1.00 bits per heavy atom. The molecular formula is C18H14FN3O3. The molecule has 0 spiro atoms. The standard InChI is InChI=1S/C18H14FN3O3/c19-15-5-1-14(2-6-15)18(24)25-16-7-3-13(4-8-16)17(23)9-10-22-12-20-11-21-22/h1-8,11-12H,9-10H2. The fraction of sp³-hybridized carbons (Fsp3) is 0.111. The van der Waals surface area contributed by atoms with Crippen LogP contribution in [0.2, 0.25) is 0 Å². The molecule has 0 N–H and O–H groups in total. The van der Waals surface area contributed by atoms with Crippen molar-refractivity contribution in [3.63, 3.8) is 0 Å². The predicted molar refractivity (Wildman–Crippen MR) is 86.8 cm³/mol. The molecule has 0 aliphatic heterocycles. The van der Waals surface area contributed by atoms with E-state index in [0.717, 1.165) is 0 Å². The summed E-state index contributed by atoms with van der Waals surface area (Å²) in [5.74, 6) is -0.760. The normalized spacial score (nSPS) is 10.4. The van der Waals surface area contributed by atoms with E-state index in [2.05, 4.69) is 10.1 Å². The highest BCUT2D eigenvalue weighted by molar-refractivity contribution is 5.96. The van der Waals surface area contributed by atoms with E-state index >= 15 is 0 Å². The molecule has 25 heavy (non-hydrogen) atoms. The van der Waals surface area contributed by atoms with E-state index in [0.29, 0.717) is 17.9 Å². The first kappa shape index (κ1) is 16.5. The van der Waals surface area contributed by atoms with Crippen LogP contribution < -0.4 is 4.74 Å². The van der Waals surface area contributed by atoms with E-state index in [1.54, 1.807) is 35.3 Å². The number of ketones is 1. The van der Waals surface area contributed by atoms with Crippen LogP contribution in [0.25, 0.3) is 0 Å². The number of carbonyl (C=O) groups excluding carboxylic acids is 2. The average Bonchev–Trinajstić information content (AvgIpc) is 3.14. The minimum atomic E-state index is -0.592. The summed E-state index contributed by atoms with van der Waals surface area (Å²) in [6, 6.07) is 11.3. The Morgan fingerprint density at radius 2 is 1.68 bits per heavy atom. The molecule has 0 fully saturated rings. The molecule has 0 aliphatic carbocycles. The van der Waals surface area contributed by atoms with E-state index in [1.807, 2.05) is 0 Å². The van der Waals surface area contributed by atoms with Crippen LogP contribution in [-0.4, -0.2) is 26.5 Å². The Balaban J connectivity index is 1.58. The quantitative estimate of drug-likeness (QED) is 0.392. The number of aryl methyl sites for hydroxylation is 1. The van der Waals surface area contributed by atoms with Gasteiger partial charge in [0.1, 0.15) is 24.2 Å². The Kier molecular flexibility index (Phi) is 4.94. The zero-order valence-corrected chi connectivity index (χ0v) is 13.1. The summed E-state index contributed by atoms with van der Waals surface area (Å²) >= 11 is 0. The van der Waals surface area contributed by atoms with Gasteiger partial charge in [-0.2, -0.15) is 5.10 Å². The fourth-order valence-corrected chi connectivity index (χ4v) is 2.17. The van der Waals surface area contributed by atoms with Crippen molar-refractivity contribution in [3.8, 4) is 5.75 Å². The molecule has 6 nitrogen and oxygen atoms in total. The van der Waals surface area contributed by atoms with Crippen LogP contribution in [0, 0.1) is 5.82 Å². The molecule has 0 saturated heterocycles. The predicted octanol–water partition coefficient (Wildman–Crippen LogP) is 2.91. The van der Waals surface area contributed by atoms with Gasteiger partial charge in [0.15, 0.2) is 5.78 Å². The third kappa shape index (κ3) is 4.35. The number of esters is 1. The SMILES string of the molecule is O=C(CCn1cncn1)c1ccc(OC(=O)c2ccc(F)cc2)cc1. The van der Waals surface area contributed by atoms with Crippen molar-refractivity contribution < 1.29 is 18.7 Å². The summed E-state index contributed by atoms with van der Waals surface area (Å²) in [7, 11) is 0. The molecule has 7 heteroatoms. The van der Waals surface area contributed by atoms with Gasteiger partial charge in [-0.15, -0.1) is 0 Å². The smallest absolute Gasteiger partial charge is 0.343 e. The van der Waals surface area contributed by atoms with Crippen molar-refractivity contribution in [3.05, 3.63) is 78.1 Å². The van der Waals surface area contributed by atoms with Gasteiger partial charge in [-0.05, 0) is 48.5 Å². The molecule has 126 valence electrons. The van der Waals surface area contributed by atoms with Crippen molar-refractivity contribution in [2.75, 3.05) is 0 Å². The number of hydrogen-bond donors (Lipinski definition) is 0. The van der Waals surface area contributed by atoms with E-state index in [1.165, 1.54) is 30.6 Å². The lowest BCUT2D eigenvalue weighted by atomic mass is 10.1. The van der Waals surface area contributed by atoms with Gasteiger partial charge in [0, 0.05) is 18.5 Å². The molecule has 0 atom stereocenters. The molecule has 0 saturated carbocycles. The van der Waals surface area contributed by atoms with Crippen LogP contribution in [0.15, 0.2) is 61.2 Å². The van der Waals surface area contributed by atoms with Gasteiger partial charge >= 0.3 is 5.97 Å². The van der Waals surface area contributed by atoms with Crippen molar-refractivity contribution in [1.29, 1.82) is 0 Å². The third-order valence-electron chi connectivity index (χ3n) is 3.50. The molecular weight excluding hydrogens is 325 g/mol. The lowest BCUT2D eigenvalue weighted by Crippen LogP contribution is -2.09. The highest BCUT2D eigenvalue weighted by atomic mass is 19.1. The van der Waals surface area contributed by atoms with Crippen molar-refractivity contribution >= 4 is 11.8 Å². The van der Waals surface area contributed by atoms with Gasteiger partial charge in [-0.25, -0.2) is 14.2 Å². The number of halogens is 1. The summed E-state index contributed by atoms with van der Waals surface area (Å²) in [5.41, 5.74) is 0.760. The Hall–Kier alpha value is -3.35. The second-order valence-corrected chi connectivity index (χ2v) is 5.25. The van der Waals surface area contributed by atoms with Crippen LogP contribution in [-0.2, 0) is 6.54 Å². The van der Waals surface area contributed by atoms with Gasteiger partial charge in [-0.1, -0.05) is 0 Å². The minimum Gasteiger partial charge on any atom is -0.423 e. The van der Waals surface area contributed by atoms with Crippen molar-refractivity contribution in [2.24, 2.45) is 0 Å². The molecule has 0 amide bonds. The largest absolute Gasteiger partial charge is 0.423 e. The summed E-state index contributed by atoms with van der Waals surface area (Å²) in [4.78, 5) is 27.9. The summed E-state index contributed by atoms with van der Waals surface area (Å²) < 4.78 is 19.6. The van der Waals surface area contributed by atoms with E-state index in [4.69, 9.17) is 4.74 Å². The highest BCUT2D eigenvalue weighted by Crippen LogP contribution is 2.16. The molecule has 0 aliphatic rings. The lowest BCUT2D eigenvalue weighted by molar-refractivity contribution is 0.0734. The molecule has 0 bridgehead atoms. The molecule has 1 aromatic heterocycles. The van der Waals surface area contributed by atoms with E-state index in [-0.39, 0.29) is 17.8 Å². The van der Waals surface area contributed by atoms with Gasteiger partial charge in [0.05, 0.1) is 5.56 Å². The molecule has 0 unspecified atom stereocenters. The van der Waals surface area contributed by atoms with Gasteiger partial charge in [-0.3, -0.25) is 9.48 Å². The fourth-order valence-electron chi connectivity index (χ4n) is 2.17. The van der Waals surface area contributed by atoms with Crippen molar-refractivity contribution in [1.82, 2.24) is 14.8 Å². The van der Waals surface area contributed by atoms with Crippen LogP contribution in [0.5, 0.6) is 5.75 Å². The van der Waals surface area contributed by atoms with Crippen LogP contribution in [0.1, 0.15) is 27.1 Å². The average molecular weight is 339 g/mol. The maximum absolute atomic E-state index is 12.9. The maximum Gasteiger partial charge on any atom is 0.343 e. The number of Topliss-reactive ketones (excluding diaryl/α,β-unsaturated/α-hetero) is 1. The Labute approximate surface area is 142 Å². The third-order valence-corrected chi connectivity index (χ3v) is 3.50. The lowest BCUT2D eigenvalue weighted by Gasteiger charge is -2.06. The zero-order chi connectivity index (χ0) is 17.6. The monoisotopic (exact) mass is 339 g/mol. The number of benzene rings is 2. The molecule has 3 aromatic rings. The summed E-state index contributed by atoms with van der Waals surface area (Å²) in [6.45, 7) is 0.445. The first-order chi connectivity index (χ1) is 12.1. The van der Waals surface area contributed by atoms with E-state index in [9.17, 15) is 14.0 Å². The first-order valence-electron chi connectivity index (χ1n) is 7.55. The second kappa shape index (κ2) is 7.48. The molecule has 3 rings (SSSR count). The number of hydrogen-bond acceptors (Lipinski definition) is 5. The summed E-state index contributed by atoms with van der Waals surface area (Å²) in [6.07, 6.45) is 3.25. The first-order valence-corrected chi connectivity index (χ1v) is 7.55. The zero-order valence-electron chi connectivity index (χ0n) is 13.1. The molecule has 2 aromatic carbocycles. The van der Waals surface area contributed by atoms with Gasteiger partial charge < -0.3 is 4.74 Å². The van der Waals surface area contributed by atoms with Crippen LogP contribution in [0.3, 0.4) is 0 Å². The minimum absolute atomic E-state index is 0.0492. The number of ether oxygens (including phenoxy) is 1. The van der Waals surface area contributed by atoms with Gasteiger partial charge in [0.2, 0.25) is 0 Å². The van der Waals surface area contributed by atoms with Crippen molar-refractivity contribution in [2.45, 2.75) is 13.0 Å². The van der Waals surface area contributed by atoms with Crippen LogP contribution >= 0.6 is 0 Å². The highest BCUT2D eigenvalue weighted by Gasteiger charge is 2.10. The number of nitrogens with zero attached hydrogens (tertiary/aromatic N) is 3. The number of carbonyl (C=O) groups is 2. The topological polar surface area (TPSA) is 74.1 Å². The number of rotatable bonds is 6. The summed E-state index contributed by atoms with van der Waals surface area (Å²) in [5, 5.41) is 3.94. The Bertz CT molecular complexity index is 860. The number of aromatic nitrogens is 3. The van der Waals surface area contributed by atoms with Gasteiger partial charge in [0.25, 0.3) is 0 Å². The van der Waals surface area contributed by atoms with E-state index < -0.39 is 11.8 Å². The Morgan fingerprint density at radius 3 is 2.32 bits per heavy atom. The van der Waals surface area contributed by atoms with Crippen LogP contribution in [0.4, 0.5) is 4.39 Å². The molecule has 1 heterocycles. The second-order valence-electron chi connectivity index (χ2n) is 5.25. The molecule has 0 radical (unpaired) electrons.